The third kappa shape index (κ3) is 5.91. The van der Waals surface area contributed by atoms with Gasteiger partial charge in [-0.15, -0.1) is 0 Å². The van der Waals surface area contributed by atoms with Crippen molar-refractivity contribution < 1.29 is 19.5 Å². The van der Waals surface area contributed by atoms with Gasteiger partial charge in [-0.25, -0.2) is 5.48 Å². The second-order valence-corrected chi connectivity index (χ2v) is 9.02. The van der Waals surface area contributed by atoms with Crippen molar-refractivity contribution in [3.63, 3.8) is 0 Å². The SMILES string of the molecule is CC(C)(CCC=CC[C@@H]1[C@H](CCOCc2ccccc2)[C@@H]2CC[C@H]1O2)C(=O)NO. The summed E-state index contributed by atoms with van der Waals surface area (Å²) in [6, 6.07) is 10.3. The molecule has 2 fully saturated rings. The van der Waals surface area contributed by atoms with Gasteiger partial charge in [-0.1, -0.05) is 56.3 Å². The molecule has 2 saturated heterocycles. The van der Waals surface area contributed by atoms with Crippen LogP contribution in [0.25, 0.3) is 0 Å². The fourth-order valence-corrected chi connectivity index (χ4v) is 4.66. The van der Waals surface area contributed by atoms with Crippen LogP contribution in [-0.4, -0.2) is 29.9 Å². The van der Waals surface area contributed by atoms with Crippen molar-refractivity contribution in [2.45, 2.75) is 71.2 Å². The predicted octanol–water partition coefficient (Wildman–Crippen LogP) is 4.65. The minimum Gasteiger partial charge on any atom is -0.377 e. The fourth-order valence-electron chi connectivity index (χ4n) is 4.66. The molecule has 2 bridgehead atoms. The minimum absolute atomic E-state index is 0.331. The van der Waals surface area contributed by atoms with E-state index in [0.29, 0.717) is 37.1 Å². The highest BCUT2D eigenvalue weighted by Gasteiger charge is 2.47. The molecule has 160 valence electrons. The lowest BCUT2D eigenvalue weighted by Gasteiger charge is -2.27. The lowest BCUT2D eigenvalue weighted by Crippen LogP contribution is -2.34. The first-order valence-electron chi connectivity index (χ1n) is 10.9. The summed E-state index contributed by atoms with van der Waals surface area (Å²) in [7, 11) is 0. The van der Waals surface area contributed by atoms with Crippen LogP contribution in [-0.2, 0) is 20.9 Å². The molecule has 29 heavy (non-hydrogen) atoms. The number of hydrogen-bond acceptors (Lipinski definition) is 4. The Morgan fingerprint density at radius 3 is 2.66 bits per heavy atom. The molecule has 2 aliphatic heterocycles. The summed E-state index contributed by atoms with van der Waals surface area (Å²) in [5.74, 6) is 0.813. The third-order valence-corrected chi connectivity index (χ3v) is 6.52. The molecule has 0 aromatic heterocycles. The highest BCUT2D eigenvalue weighted by molar-refractivity contribution is 5.80. The summed E-state index contributed by atoms with van der Waals surface area (Å²) in [5.41, 5.74) is 2.41. The van der Waals surface area contributed by atoms with Crippen LogP contribution < -0.4 is 5.48 Å². The molecule has 5 nitrogen and oxygen atoms in total. The molecule has 0 aliphatic carbocycles. The Morgan fingerprint density at radius 2 is 1.93 bits per heavy atom. The molecule has 1 aromatic carbocycles. The number of amides is 1. The quantitative estimate of drug-likeness (QED) is 0.245. The molecule has 2 heterocycles. The van der Waals surface area contributed by atoms with Gasteiger partial charge in [0, 0.05) is 12.0 Å². The maximum Gasteiger partial charge on any atom is 0.248 e. The standard InChI is InChI=1S/C24H35NO4/c1-24(2,23(26)25-27)15-8-4-7-11-19-20(22-13-12-21(19)29-22)14-16-28-17-18-9-5-3-6-10-18/h3-7,9-10,19-22,27H,8,11-17H2,1-2H3,(H,25,26)/t19-,20+,21-,22+/m1/s1. The van der Waals surface area contributed by atoms with E-state index in [9.17, 15) is 4.79 Å². The van der Waals surface area contributed by atoms with E-state index in [4.69, 9.17) is 14.7 Å². The number of allylic oxidation sites excluding steroid dienone is 2. The van der Waals surface area contributed by atoms with E-state index in [1.807, 2.05) is 32.0 Å². The first kappa shape index (κ1) is 22.0. The molecule has 2 aliphatic rings. The monoisotopic (exact) mass is 401 g/mol. The molecular weight excluding hydrogens is 366 g/mol. The number of rotatable bonds is 11. The highest BCUT2D eigenvalue weighted by atomic mass is 16.5. The van der Waals surface area contributed by atoms with Crippen molar-refractivity contribution in [3.05, 3.63) is 48.0 Å². The van der Waals surface area contributed by atoms with Crippen molar-refractivity contribution in [3.8, 4) is 0 Å². The molecule has 3 rings (SSSR count). The van der Waals surface area contributed by atoms with Crippen LogP contribution in [0.1, 0.15) is 57.9 Å². The maximum atomic E-state index is 11.6. The predicted molar refractivity (Wildman–Crippen MR) is 112 cm³/mol. The Kier molecular flexibility index (Phi) is 7.87. The second-order valence-electron chi connectivity index (χ2n) is 9.02. The average molecular weight is 402 g/mol. The first-order valence-corrected chi connectivity index (χ1v) is 10.9. The number of carbonyl (C=O) groups is 1. The molecule has 1 aromatic rings. The van der Waals surface area contributed by atoms with Gasteiger partial charge >= 0.3 is 0 Å². The van der Waals surface area contributed by atoms with Crippen LogP contribution in [0.15, 0.2) is 42.5 Å². The summed E-state index contributed by atoms with van der Waals surface area (Å²) < 4.78 is 12.1. The minimum atomic E-state index is -0.562. The van der Waals surface area contributed by atoms with Crippen LogP contribution in [0, 0.1) is 17.3 Å². The van der Waals surface area contributed by atoms with Gasteiger partial charge in [-0.2, -0.15) is 0 Å². The summed E-state index contributed by atoms with van der Waals surface area (Å²) >= 11 is 0. The molecule has 0 radical (unpaired) electrons. The number of nitrogens with one attached hydrogen (secondary N) is 1. The zero-order valence-electron chi connectivity index (χ0n) is 17.7. The Bertz CT molecular complexity index is 673. The van der Waals surface area contributed by atoms with Crippen LogP contribution in [0.3, 0.4) is 0 Å². The second kappa shape index (κ2) is 10.4. The Labute approximate surface area is 174 Å². The van der Waals surface area contributed by atoms with Gasteiger partial charge in [0.2, 0.25) is 5.91 Å². The van der Waals surface area contributed by atoms with E-state index in [2.05, 4.69) is 24.3 Å². The third-order valence-electron chi connectivity index (χ3n) is 6.52. The first-order chi connectivity index (χ1) is 14.0. The zero-order chi connectivity index (χ0) is 20.7. The van der Waals surface area contributed by atoms with Crippen molar-refractivity contribution >= 4 is 5.91 Å². The van der Waals surface area contributed by atoms with Crippen LogP contribution in [0.2, 0.25) is 0 Å². The summed E-state index contributed by atoms with van der Waals surface area (Å²) in [4.78, 5) is 11.6. The number of hydrogen-bond donors (Lipinski definition) is 2. The van der Waals surface area contributed by atoms with Gasteiger partial charge < -0.3 is 9.47 Å². The van der Waals surface area contributed by atoms with E-state index >= 15 is 0 Å². The van der Waals surface area contributed by atoms with Gasteiger partial charge in [-0.3, -0.25) is 10.0 Å². The molecule has 5 heteroatoms. The van der Waals surface area contributed by atoms with E-state index in [0.717, 1.165) is 25.9 Å². The van der Waals surface area contributed by atoms with E-state index in [-0.39, 0.29) is 5.91 Å². The van der Waals surface area contributed by atoms with Crippen LogP contribution >= 0.6 is 0 Å². The normalized spacial score (nSPS) is 26.3. The van der Waals surface area contributed by atoms with Gasteiger partial charge in [0.05, 0.1) is 18.8 Å². The zero-order valence-corrected chi connectivity index (χ0v) is 17.7. The number of benzene rings is 1. The van der Waals surface area contributed by atoms with Crippen LogP contribution in [0.4, 0.5) is 0 Å². The summed E-state index contributed by atoms with van der Waals surface area (Å²) in [6.45, 7) is 5.14. The topological polar surface area (TPSA) is 67.8 Å². The fraction of sp³-hybridized carbons (Fsp3) is 0.625. The van der Waals surface area contributed by atoms with Gasteiger partial charge in [0.25, 0.3) is 0 Å². The number of ether oxygens (including phenoxy) is 2. The molecule has 1 amide bonds. The maximum absolute atomic E-state index is 11.6. The lowest BCUT2D eigenvalue weighted by atomic mass is 9.76. The van der Waals surface area contributed by atoms with Gasteiger partial charge in [-0.05, 0) is 55.9 Å². The lowest BCUT2D eigenvalue weighted by molar-refractivity contribution is -0.138. The van der Waals surface area contributed by atoms with Gasteiger partial charge in [0.1, 0.15) is 0 Å². The Hall–Kier alpha value is -1.69. The molecule has 0 unspecified atom stereocenters. The molecule has 0 spiro atoms. The van der Waals surface area contributed by atoms with E-state index < -0.39 is 5.41 Å². The van der Waals surface area contributed by atoms with Crippen molar-refractivity contribution in [1.29, 1.82) is 0 Å². The van der Waals surface area contributed by atoms with E-state index in [1.54, 1.807) is 5.48 Å². The van der Waals surface area contributed by atoms with Crippen molar-refractivity contribution in [1.82, 2.24) is 5.48 Å². The van der Waals surface area contributed by atoms with E-state index in [1.165, 1.54) is 18.4 Å². The Morgan fingerprint density at radius 1 is 1.21 bits per heavy atom. The van der Waals surface area contributed by atoms with Crippen molar-refractivity contribution in [2.75, 3.05) is 6.61 Å². The molecule has 0 saturated carbocycles. The molecule has 4 atom stereocenters. The average Bonchev–Trinajstić information content (AvgIpc) is 3.33. The summed E-state index contributed by atoms with van der Waals surface area (Å²) in [6.07, 6.45) is 11.2. The Balaban J connectivity index is 1.41. The van der Waals surface area contributed by atoms with Crippen molar-refractivity contribution in [2.24, 2.45) is 17.3 Å². The highest BCUT2D eigenvalue weighted by Crippen LogP contribution is 2.46. The number of fused-ring (bicyclic) bond motifs is 2. The number of carbonyl (C=O) groups excluding carboxylic acids is 1. The molecule has 2 N–H and O–H groups in total. The largest absolute Gasteiger partial charge is 0.377 e. The molecular formula is C24H35NO4. The number of hydroxylamine groups is 1. The van der Waals surface area contributed by atoms with Gasteiger partial charge in [0.15, 0.2) is 0 Å². The smallest absolute Gasteiger partial charge is 0.248 e. The summed E-state index contributed by atoms with van der Waals surface area (Å²) in [5, 5.41) is 8.82. The van der Waals surface area contributed by atoms with Crippen LogP contribution in [0.5, 0.6) is 0 Å².